The molecular weight excluding hydrogens is 284 g/mol. The van der Waals surface area contributed by atoms with E-state index in [1.54, 1.807) is 24.3 Å². The van der Waals surface area contributed by atoms with E-state index in [-0.39, 0.29) is 5.97 Å². The summed E-state index contributed by atoms with van der Waals surface area (Å²) in [5, 5.41) is 0. The number of rotatable bonds is 7. The molecule has 1 aliphatic rings. The summed E-state index contributed by atoms with van der Waals surface area (Å²) in [6, 6.07) is 0. The first-order valence-electron chi connectivity index (χ1n) is 8.14. The van der Waals surface area contributed by atoms with Crippen LogP contribution in [0.5, 0.6) is 0 Å². The maximum atomic E-state index is 11.9. The molecule has 0 atom stereocenters. The first kappa shape index (κ1) is 20.6. The lowest BCUT2D eigenvalue weighted by Gasteiger charge is -2.00. The molecule has 1 heterocycles. The number of cyclic esters (lactones) is 1. The van der Waals surface area contributed by atoms with E-state index >= 15 is 0 Å². The van der Waals surface area contributed by atoms with Crippen LogP contribution in [0.2, 0.25) is 0 Å². The molecule has 2 heteroatoms. The van der Waals surface area contributed by atoms with E-state index in [0.717, 1.165) is 24.0 Å². The highest BCUT2D eigenvalue weighted by Gasteiger charge is 2.22. The van der Waals surface area contributed by atoms with E-state index in [2.05, 4.69) is 39.2 Å². The normalized spacial score (nSPS) is 16.8. The van der Waals surface area contributed by atoms with Crippen molar-refractivity contribution in [3.63, 3.8) is 0 Å². The van der Waals surface area contributed by atoms with Crippen LogP contribution in [0.4, 0.5) is 0 Å². The zero-order valence-corrected chi connectivity index (χ0v) is 14.8. The Labute approximate surface area is 140 Å². The van der Waals surface area contributed by atoms with Gasteiger partial charge in [0, 0.05) is 5.57 Å². The van der Waals surface area contributed by atoms with Crippen molar-refractivity contribution in [1.29, 1.82) is 0 Å². The summed E-state index contributed by atoms with van der Waals surface area (Å²) in [4.78, 5) is 11.9. The van der Waals surface area contributed by atoms with Crippen LogP contribution < -0.4 is 0 Å². The largest absolute Gasteiger partial charge is 0.422 e. The fraction of sp³-hybridized carbons (Fsp3) is 0.286. The third-order valence-corrected chi connectivity index (χ3v) is 2.83. The Morgan fingerprint density at radius 3 is 2.43 bits per heavy atom. The van der Waals surface area contributed by atoms with Crippen LogP contribution in [0.3, 0.4) is 0 Å². The number of allylic oxidation sites excluding steroid dienone is 8. The van der Waals surface area contributed by atoms with Crippen LogP contribution in [-0.4, -0.2) is 5.97 Å². The molecule has 1 rings (SSSR count). The highest BCUT2D eigenvalue weighted by molar-refractivity contribution is 5.96. The van der Waals surface area contributed by atoms with Gasteiger partial charge in [0.05, 0.1) is 5.57 Å². The molecule has 0 aromatic carbocycles. The van der Waals surface area contributed by atoms with Crippen LogP contribution in [0.15, 0.2) is 84.2 Å². The van der Waals surface area contributed by atoms with Gasteiger partial charge in [0.2, 0.25) is 0 Å². The van der Waals surface area contributed by atoms with E-state index < -0.39 is 0 Å². The lowest BCUT2D eigenvalue weighted by molar-refractivity contribution is -0.132. The van der Waals surface area contributed by atoms with Gasteiger partial charge in [-0.2, -0.15) is 0 Å². The molecule has 0 aliphatic carbocycles. The van der Waals surface area contributed by atoms with Crippen molar-refractivity contribution in [3.8, 4) is 0 Å². The van der Waals surface area contributed by atoms with Gasteiger partial charge in [-0.3, -0.25) is 0 Å². The molecule has 0 saturated carbocycles. The van der Waals surface area contributed by atoms with E-state index in [1.807, 2.05) is 26.0 Å². The molecular formula is C21H28O2. The monoisotopic (exact) mass is 312 g/mol. The molecule has 124 valence electrons. The Bertz CT molecular complexity index is 567. The van der Waals surface area contributed by atoms with Gasteiger partial charge in [-0.05, 0) is 30.6 Å². The summed E-state index contributed by atoms with van der Waals surface area (Å²) in [5.41, 5.74) is 2.30. The summed E-state index contributed by atoms with van der Waals surface area (Å²) >= 11 is 0. The number of carbonyl (C=O) groups excluding carboxylic acids is 1. The average Bonchev–Trinajstić information content (AvgIpc) is 2.93. The highest BCUT2D eigenvalue weighted by Crippen LogP contribution is 2.25. The standard InChI is InChI=1S/C19H22O2.C2H6/c1-5-9-12-15(10-6-2)13-17-14-18(21-19(17)20)16(8-4)11-7-3;1-2/h7-14H,3-6H2,1-2H3;1-2H3/b12-9-,15-10+,16-11+,17-13-;. The minimum Gasteiger partial charge on any atom is -0.422 e. The predicted octanol–water partition coefficient (Wildman–Crippen LogP) is 5.98. The molecule has 0 saturated heterocycles. The van der Waals surface area contributed by atoms with E-state index in [1.165, 1.54) is 0 Å². The Morgan fingerprint density at radius 1 is 1.22 bits per heavy atom. The van der Waals surface area contributed by atoms with Crippen molar-refractivity contribution in [2.75, 3.05) is 0 Å². The first-order chi connectivity index (χ1) is 11.2. The third-order valence-electron chi connectivity index (χ3n) is 2.83. The van der Waals surface area contributed by atoms with Crippen molar-refractivity contribution in [2.45, 2.75) is 40.5 Å². The van der Waals surface area contributed by atoms with Gasteiger partial charge < -0.3 is 4.74 Å². The molecule has 0 aromatic rings. The van der Waals surface area contributed by atoms with Crippen molar-refractivity contribution in [1.82, 2.24) is 0 Å². The van der Waals surface area contributed by atoms with Crippen molar-refractivity contribution >= 4 is 5.97 Å². The molecule has 0 aromatic heterocycles. The molecule has 0 radical (unpaired) electrons. The Kier molecular flexibility index (Phi) is 11.0. The maximum absolute atomic E-state index is 11.9. The number of carbonyl (C=O) groups is 1. The molecule has 23 heavy (non-hydrogen) atoms. The highest BCUT2D eigenvalue weighted by atomic mass is 16.5. The van der Waals surface area contributed by atoms with Crippen LogP contribution in [0.25, 0.3) is 0 Å². The van der Waals surface area contributed by atoms with Crippen LogP contribution in [-0.2, 0) is 9.53 Å². The molecule has 0 bridgehead atoms. The fourth-order valence-corrected chi connectivity index (χ4v) is 1.85. The average molecular weight is 312 g/mol. The van der Waals surface area contributed by atoms with Gasteiger partial charge in [0.1, 0.15) is 5.76 Å². The summed E-state index contributed by atoms with van der Waals surface area (Å²) < 4.78 is 5.28. The summed E-state index contributed by atoms with van der Waals surface area (Å²) in [7, 11) is 0. The van der Waals surface area contributed by atoms with Gasteiger partial charge >= 0.3 is 5.97 Å². The minimum atomic E-state index is -0.339. The van der Waals surface area contributed by atoms with Crippen molar-refractivity contribution in [3.05, 3.63) is 84.2 Å². The van der Waals surface area contributed by atoms with Crippen LogP contribution >= 0.6 is 0 Å². The summed E-state index contributed by atoms with van der Waals surface area (Å²) in [6.45, 7) is 15.5. The van der Waals surface area contributed by atoms with Gasteiger partial charge in [0.25, 0.3) is 0 Å². The fourth-order valence-electron chi connectivity index (χ4n) is 1.85. The van der Waals surface area contributed by atoms with Crippen LogP contribution in [0.1, 0.15) is 40.5 Å². The number of ether oxygens (including phenoxy) is 1. The van der Waals surface area contributed by atoms with Crippen molar-refractivity contribution < 1.29 is 9.53 Å². The quantitative estimate of drug-likeness (QED) is 0.328. The Hall–Kier alpha value is -2.35. The van der Waals surface area contributed by atoms with Gasteiger partial charge in [-0.15, -0.1) is 0 Å². The van der Waals surface area contributed by atoms with Gasteiger partial charge in [0.15, 0.2) is 0 Å². The summed E-state index contributed by atoms with van der Waals surface area (Å²) in [6.07, 6.45) is 16.7. The Morgan fingerprint density at radius 2 is 1.91 bits per heavy atom. The molecule has 0 unspecified atom stereocenters. The molecule has 0 amide bonds. The van der Waals surface area contributed by atoms with Crippen LogP contribution in [0, 0.1) is 0 Å². The van der Waals surface area contributed by atoms with Gasteiger partial charge in [-0.1, -0.05) is 77.3 Å². The van der Waals surface area contributed by atoms with Gasteiger partial charge in [-0.25, -0.2) is 4.79 Å². The lowest BCUT2D eigenvalue weighted by Crippen LogP contribution is -1.98. The second-order valence-corrected chi connectivity index (χ2v) is 4.48. The summed E-state index contributed by atoms with van der Waals surface area (Å²) in [5.74, 6) is 0.171. The molecule has 2 nitrogen and oxygen atoms in total. The topological polar surface area (TPSA) is 26.3 Å². The molecule has 0 fully saturated rings. The smallest absolute Gasteiger partial charge is 0.343 e. The Balaban J connectivity index is 0.00000232. The number of hydrogen-bond acceptors (Lipinski definition) is 2. The number of esters is 1. The second kappa shape index (κ2) is 12.2. The van der Waals surface area contributed by atoms with E-state index in [0.29, 0.717) is 11.3 Å². The van der Waals surface area contributed by atoms with E-state index in [9.17, 15) is 4.79 Å². The molecule has 0 spiro atoms. The molecule has 0 N–H and O–H groups in total. The number of hydrogen-bond donors (Lipinski definition) is 0. The molecule has 1 aliphatic heterocycles. The minimum absolute atomic E-state index is 0.339. The predicted molar refractivity (Wildman–Crippen MR) is 99.9 cm³/mol. The maximum Gasteiger partial charge on any atom is 0.343 e. The van der Waals surface area contributed by atoms with Crippen molar-refractivity contribution in [2.24, 2.45) is 0 Å². The first-order valence-corrected chi connectivity index (χ1v) is 8.14. The SMILES string of the molecule is C=C/C=C(\C=C)C1=C/C(=C/C(/C=C\CC)=C/CC)C(=O)O1.CC. The van der Waals surface area contributed by atoms with E-state index in [4.69, 9.17) is 4.74 Å². The lowest BCUT2D eigenvalue weighted by atomic mass is 10.1. The second-order valence-electron chi connectivity index (χ2n) is 4.48. The third kappa shape index (κ3) is 6.96. The zero-order valence-electron chi connectivity index (χ0n) is 14.8. The zero-order chi connectivity index (χ0) is 17.7.